The molecular weight excluding hydrogens is 126 g/mol. The Morgan fingerprint density at radius 3 is 3.30 bits per heavy atom. The zero-order valence-corrected chi connectivity index (χ0v) is 5.62. The lowest BCUT2D eigenvalue weighted by atomic mass is 10.2. The second kappa shape index (κ2) is 1.87. The zero-order chi connectivity index (χ0) is 6.97. The molecular formula is C7H9N3. The van der Waals surface area contributed by atoms with Gasteiger partial charge in [0, 0.05) is 6.54 Å². The summed E-state index contributed by atoms with van der Waals surface area (Å²) in [5.74, 6) is 0. The molecule has 10 heavy (non-hydrogen) atoms. The van der Waals surface area contributed by atoms with Crippen LogP contribution in [0.4, 0.5) is 5.69 Å². The summed E-state index contributed by atoms with van der Waals surface area (Å²) in [5, 5.41) is 4.10. The molecule has 0 atom stereocenters. The third-order valence-electron chi connectivity index (χ3n) is 1.69. The molecule has 0 bridgehead atoms. The van der Waals surface area contributed by atoms with E-state index in [1.165, 1.54) is 0 Å². The molecule has 1 aromatic heterocycles. The van der Waals surface area contributed by atoms with E-state index in [4.69, 9.17) is 5.73 Å². The van der Waals surface area contributed by atoms with Gasteiger partial charge < -0.3 is 5.73 Å². The number of allylic oxidation sites excluding steroid dienone is 1. The van der Waals surface area contributed by atoms with Crippen LogP contribution in [0, 0.1) is 0 Å². The Hall–Kier alpha value is -1.25. The van der Waals surface area contributed by atoms with Gasteiger partial charge in [0.25, 0.3) is 0 Å². The monoisotopic (exact) mass is 135 g/mol. The molecule has 3 heteroatoms. The number of fused-ring (bicyclic) bond motifs is 1. The van der Waals surface area contributed by atoms with Gasteiger partial charge in [0.15, 0.2) is 0 Å². The molecule has 0 saturated carbocycles. The van der Waals surface area contributed by atoms with Gasteiger partial charge in [0.05, 0.1) is 17.6 Å². The highest BCUT2D eigenvalue weighted by Crippen LogP contribution is 2.16. The fourth-order valence-electron chi connectivity index (χ4n) is 1.16. The second-order valence-corrected chi connectivity index (χ2v) is 2.40. The predicted octanol–water partition coefficient (Wildman–Crippen LogP) is 0.882. The first-order valence-corrected chi connectivity index (χ1v) is 3.36. The molecule has 0 radical (unpaired) electrons. The van der Waals surface area contributed by atoms with Gasteiger partial charge in [-0.1, -0.05) is 6.08 Å². The first-order chi connectivity index (χ1) is 4.88. The molecule has 0 spiro atoms. The highest BCUT2D eigenvalue weighted by molar-refractivity contribution is 5.60. The Morgan fingerprint density at radius 2 is 2.50 bits per heavy atom. The molecule has 1 aliphatic heterocycles. The fraction of sp³-hybridized carbons (Fsp3) is 0.286. The van der Waals surface area contributed by atoms with E-state index in [2.05, 4.69) is 11.2 Å². The van der Waals surface area contributed by atoms with E-state index < -0.39 is 0 Å². The number of nitrogens with two attached hydrogens (primary N) is 1. The van der Waals surface area contributed by atoms with Crippen molar-refractivity contribution in [2.75, 3.05) is 5.73 Å². The molecule has 0 aliphatic carbocycles. The summed E-state index contributed by atoms with van der Waals surface area (Å²) in [7, 11) is 0. The lowest BCUT2D eigenvalue weighted by Crippen LogP contribution is -2.05. The minimum Gasteiger partial charge on any atom is -0.396 e. The number of aryl methyl sites for hydroxylation is 1. The maximum atomic E-state index is 5.63. The second-order valence-electron chi connectivity index (χ2n) is 2.40. The Kier molecular flexibility index (Phi) is 1.03. The number of aromatic nitrogens is 2. The van der Waals surface area contributed by atoms with Gasteiger partial charge in [-0.3, -0.25) is 4.68 Å². The molecule has 0 saturated heterocycles. The number of nitrogens with zero attached hydrogens (tertiary/aromatic N) is 2. The predicted molar refractivity (Wildman–Crippen MR) is 40.3 cm³/mol. The first-order valence-electron chi connectivity index (χ1n) is 3.36. The molecule has 52 valence electrons. The van der Waals surface area contributed by atoms with Crippen molar-refractivity contribution in [2.45, 2.75) is 13.0 Å². The summed E-state index contributed by atoms with van der Waals surface area (Å²) in [5.41, 5.74) is 7.45. The molecule has 1 aromatic rings. The topological polar surface area (TPSA) is 43.8 Å². The average molecular weight is 135 g/mol. The third kappa shape index (κ3) is 0.635. The van der Waals surface area contributed by atoms with Crippen LogP contribution >= 0.6 is 0 Å². The minimum absolute atomic E-state index is 0.774. The van der Waals surface area contributed by atoms with E-state index >= 15 is 0 Å². The van der Waals surface area contributed by atoms with Crippen molar-refractivity contribution in [1.82, 2.24) is 9.78 Å². The Morgan fingerprint density at radius 1 is 1.60 bits per heavy atom. The maximum absolute atomic E-state index is 5.63. The van der Waals surface area contributed by atoms with E-state index in [-0.39, 0.29) is 0 Å². The smallest absolute Gasteiger partial charge is 0.0836 e. The lowest BCUT2D eigenvalue weighted by molar-refractivity contribution is 0.610. The van der Waals surface area contributed by atoms with Crippen LogP contribution in [0.1, 0.15) is 12.1 Å². The van der Waals surface area contributed by atoms with E-state index in [1.807, 2.05) is 10.8 Å². The van der Waals surface area contributed by atoms with Crippen molar-refractivity contribution in [1.29, 1.82) is 0 Å². The Labute approximate surface area is 59.1 Å². The van der Waals surface area contributed by atoms with Crippen LogP contribution in [0.2, 0.25) is 0 Å². The molecule has 0 aromatic carbocycles. The fourth-order valence-corrected chi connectivity index (χ4v) is 1.16. The van der Waals surface area contributed by atoms with Crippen LogP contribution in [-0.2, 0) is 6.54 Å². The van der Waals surface area contributed by atoms with Gasteiger partial charge in [0.1, 0.15) is 0 Å². The average Bonchev–Trinajstić information content (AvgIpc) is 2.34. The summed E-state index contributed by atoms with van der Waals surface area (Å²) in [6, 6.07) is 0. The molecule has 2 rings (SSSR count). The largest absolute Gasteiger partial charge is 0.396 e. The van der Waals surface area contributed by atoms with Crippen molar-refractivity contribution in [3.63, 3.8) is 0 Å². The molecule has 2 heterocycles. The SMILES string of the molecule is Nc1cnn2c1C=CCC2. The Bertz CT molecular complexity index is 272. The molecule has 2 N–H and O–H groups in total. The van der Waals surface area contributed by atoms with Gasteiger partial charge in [-0.05, 0) is 12.5 Å². The van der Waals surface area contributed by atoms with E-state index in [9.17, 15) is 0 Å². The van der Waals surface area contributed by atoms with Crippen molar-refractivity contribution >= 4 is 11.8 Å². The molecule has 0 unspecified atom stereocenters. The third-order valence-corrected chi connectivity index (χ3v) is 1.69. The number of nitrogen functional groups attached to an aromatic ring is 1. The van der Waals surface area contributed by atoms with Gasteiger partial charge >= 0.3 is 0 Å². The Balaban J connectivity index is 2.57. The summed E-state index contributed by atoms with van der Waals surface area (Å²) in [6.45, 7) is 0.961. The van der Waals surface area contributed by atoms with Crippen LogP contribution in [0.15, 0.2) is 12.3 Å². The van der Waals surface area contributed by atoms with Crippen LogP contribution in [-0.4, -0.2) is 9.78 Å². The number of hydrogen-bond donors (Lipinski definition) is 1. The molecule has 3 nitrogen and oxygen atoms in total. The normalized spacial score (nSPS) is 15.2. The summed E-state index contributed by atoms with van der Waals surface area (Å²) < 4.78 is 1.93. The van der Waals surface area contributed by atoms with E-state index in [0.29, 0.717) is 0 Å². The maximum Gasteiger partial charge on any atom is 0.0836 e. The molecule has 0 amide bonds. The van der Waals surface area contributed by atoms with Crippen LogP contribution in [0.3, 0.4) is 0 Å². The van der Waals surface area contributed by atoms with Crippen LogP contribution in [0.25, 0.3) is 6.08 Å². The molecule has 0 fully saturated rings. The van der Waals surface area contributed by atoms with Crippen LogP contribution < -0.4 is 5.73 Å². The summed E-state index contributed by atoms with van der Waals surface area (Å²) in [6.07, 6.45) is 6.90. The van der Waals surface area contributed by atoms with Gasteiger partial charge in [-0.25, -0.2) is 0 Å². The van der Waals surface area contributed by atoms with Gasteiger partial charge in [-0.15, -0.1) is 0 Å². The quantitative estimate of drug-likeness (QED) is 0.574. The van der Waals surface area contributed by atoms with Gasteiger partial charge in [-0.2, -0.15) is 5.10 Å². The number of anilines is 1. The van der Waals surface area contributed by atoms with Crippen molar-refractivity contribution in [3.8, 4) is 0 Å². The van der Waals surface area contributed by atoms with Crippen molar-refractivity contribution < 1.29 is 0 Å². The highest BCUT2D eigenvalue weighted by atomic mass is 15.3. The minimum atomic E-state index is 0.774. The summed E-state index contributed by atoms with van der Waals surface area (Å²) >= 11 is 0. The number of rotatable bonds is 0. The van der Waals surface area contributed by atoms with Crippen LogP contribution in [0.5, 0.6) is 0 Å². The summed E-state index contributed by atoms with van der Waals surface area (Å²) in [4.78, 5) is 0. The van der Waals surface area contributed by atoms with Gasteiger partial charge in [0.2, 0.25) is 0 Å². The number of hydrogen-bond acceptors (Lipinski definition) is 2. The van der Waals surface area contributed by atoms with Crippen molar-refractivity contribution in [2.24, 2.45) is 0 Å². The standard InChI is InChI=1S/C7H9N3/c8-6-5-9-10-4-2-1-3-7(6)10/h1,3,5H,2,4,8H2. The first kappa shape index (κ1) is 5.53. The van der Waals surface area contributed by atoms with E-state index in [1.54, 1.807) is 6.20 Å². The highest BCUT2D eigenvalue weighted by Gasteiger charge is 2.06. The van der Waals surface area contributed by atoms with Crippen molar-refractivity contribution in [3.05, 3.63) is 18.0 Å². The van der Waals surface area contributed by atoms with E-state index in [0.717, 1.165) is 24.3 Å². The molecule has 1 aliphatic rings. The lowest BCUT2D eigenvalue weighted by Gasteiger charge is -2.06. The zero-order valence-electron chi connectivity index (χ0n) is 5.62.